The number of ether oxygens (including phenoxy) is 2. The van der Waals surface area contributed by atoms with E-state index in [1.165, 1.54) is 0 Å². The minimum absolute atomic E-state index is 0.0874. The summed E-state index contributed by atoms with van der Waals surface area (Å²) in [4.78, 5) is 11.8. The lowest BCUT2D eigenvalue weighted by atomic mass is 10.2. The maximum Gasteiger partial charge on any atom is 0.254 e. The molecule has 1 aromatic carbocycles. The van der Waals surface area contributed by atoms with Crippen LogP contribution in [0.2, 0.25) is 0 Å². The molecule has 1 unspecified atom stereocenters. The van der Waals surface area contributed by atoms with Gasteiger partial charge in [0.2, 0.25) is 6.23 Å². The van der Waals surface area contributed by atoms with Crippen molar-refractivity contribution < 1.29 is 14.3 Å². The first-order valence-electron chi connectivity index (χ1n) is 5.26. The highest BCUT2D eigenvalue weighted by Crippen LogP contribution is 2.11. The Balaban J connectivity index is 2.60. The summed E-state index contributed by atoms with van der Waals surface area (Å²) in [6, 6.07) is 8.37. The third-order valence-corrected chi connectivity index (χ3v) is 2.50. The molecule has 0 fully saturated rings. The fourth-order valence-electron chi connectivity index (χ4n) is 1.21. The molecule has 0 radical (unpaired) electrons. The van der Waals surface area contributed by atoms with Crippen LogP contribution in [0.3, 0.4) is 0 Å². The highest BCUT2D eigenvalue weighted by molar-refractivity contribution is 14.1. The topological polar surface area (TPSA) is 71.3 Å². The average molecular weight is 370 g/mol. The largest absolute Gasteiger partial charge is 0.497 e. The lowest BCUT2D eigenvalue weighted by Gasteiger charge is -2.11. The minimum atomic E-state index is -1.02. The summed E-state index contributed by atoms with van der Waals surface area (Å²) in [5.41, 5.74) is 0.421. The van der Waals surface area contributed by atoms with Gasteiger partial charge in [0.05, 0.1) is 7.11 Å². The normalized spacial score (nSPS) is 10.6. The molecule has 0 aromatic heterocycles. The summed E-state index contributed by atoms with van der Waals surface area (Å²) in [7, 11) is 1.54. The van der Waals surface area contributed by atoms with E-state index in [0.29, 0.717) is 11.3 Å². The van der Waals surface area contributed by atoms with E-state index in [4.69, 9.17) is 14.7 Å². The summed E-state index contributed by atoms with van der Waals surface area (Å²) in [5, 5.41) is 11.3. The maximum absolute atomic E-state index is 11.8. The van der Waals surface area contributed by atoms with Gasteiger partial charge in [-0.2, -0.15) is 5.26 Å². The molecule has 1 amide bonds. The van der Waals surface area contributed by atoms with Crippen molar-refractivity contribution in [2.45, 2.75) is 6.23 Å². The van der Waals surface area contributed by atoms with Gasteiger partial charge in [-0.15, -0.1) is 0 Å². The Morgan fingerprint density at radius 3 is 2.68 bits per heavy atom. The van der Waals surface area contributed by atoms with E-state index >= 15 is 0 Å². The van der Waals surface area contributed by atoms with Gasteiger partial charge in [0.1, 0.15) is 18.4 Å². The van der Waals surface area contributed by atoms with Crippen molar-refractivity contribution in [3.8, 4) is 21.7 Å². The second kappa shape index (κ2) is 8.35. The standard InChI is InChI=1S/C13H11IN2O3/c1-18-11-5-3-10(4-6-11)13(17)16-12(9-15)19-8-2-7-14/h3-6,12H,8H2,1H3,(H,16,17). The summed E-state index contributed by atoms with van der Waals surface area (Å²) < 4.78 is 12.7. The number of methoxy groups -OCH3 is 1. The maximum atomic E-state index is 11.8. The number of carbonyl (C=O) groups excluding carboxylic acids is 1. The molecule has 6 heteroatoms. The van der Waals surface area contributed by atoms with E-state index < -0.39 is 12.1 Å². The number of nitrogens with zero attached hydrogens (tertiary/aromatic N) is 1. The Morgan fingerprint density at radius 1 is 1.47 bits per heavy atom. The second-order valence-corrected chi connectivity index (χ2v) is 3.83. The number of nitriles is 1. The molecule has 0 aliphatic heterocycles. The lowest BCUT2D eigenvalue weighted by Crippen LogP contribution is -2.35. The first kappa shape index (κ1) is 15.3. The van der Waals surface area contributed by atoms with Crippen LogP contribution < -0.4 is 10.1 Å². The second-order valence-electron chi connectivity index (χ2n) is 3.29. The highest BCUT2D eigenvalue weighted by Gasteiger charge is 2.12. The van der Waals surface area contributed by atoms with Crippen LogP contribution in [0.5, 0.6) is 5.75 Å². The lowest BCUT2D eigenvalue weighted by molar-refractivity contribution is 0.0685. The van der Waals surface area contributed by atoms with E-state index in [1.807, 2.05) is 28.7 Å². The van der Waals surface area contributed by atoms with Crippen LogP contribution in [0.1, 0.15) is 10.4 Å². The summed E-state index contributed by atoms with van der Waals surface area (Å²) >= 11 is 1.86. The summed E-state index contributed by atoms with van der Waals surface area (Å²) in [6.07, 6.45) is -1.02. The summed E-state index contributed by atoms with van der Waals surface area (Å²) in [5.74, 6) is 2.90. The zero-order valence-corrected chi connectivity index (χ0v) is 12.3. The molecular weight excluding hydrogens is 359 g/mol. The Morgan fingerprint density at radius 2 is 2.16 bits per heavy atom. The average Bonchev–Trinajstić information content (AvgIpc) is 2.46. The minimum Gasteiger partial charge on any atom is -0.497 e. The molecule has 0 bridgehead atoms. The number of hydrogen-bond donors (Lipinski definition) is 1. The molecule has 1 aromatic rings. The first-order chi connectivity index (χ1) is 9.21. The molecule has 0 aliphatic rings. The van der Waals surface area contributed by atoms with Crippen molar-refractivity contribution in [2.75, 3.05) is 13.7 Å². The highest BCUT2D eigenvalue weighted by atomic mass is 127. The first-order valence-corrected chi connectivity index (χ1v) is 6.33. The van der Waals surface area contributed by atoms with Crippen LogP contribution in [-0.2, 0) is 4.74 Å². The van der Waals surface area contributed by atoms with Gasteiger partial charge in [0, 0.05) is 28.2 Å². The number of hydrogen-bond acceptors (Lipinski definition) is 4. The fraction of sp³-hybridized carbons (Fsp3) is 0.231. The predicted molar refractivity (Wildman–Crippen MR) is 77.6 cm³/mol. The number of halogens is 1. The molecule has 1 N–H and O–H groups in total. The van der Waals surface area contributed by atoms with Crippen LogP contribution in [0, 0.1) is 21.2 Å². The number of benzene rings is 1. The third-order valence-electron chi connectivity index (χ3n) is 2.12. The van der Waals surface area contributed by atoms with Crippen molar-refractivity contribution in [1.82, 2.24) is 5.32 Å². The van der Waals surface area contributed by atoms with E-state index in [9.17, 15) is 4.79 Å². The zero-order chi connectivity index (χ0) is 14.1. The van der Waals surface area contributed by atoms with Crippen LogP contribution in [-0.4, -0.2) is 25.9 Å². The number of rotatable bonds is 5. The molecule has 0 saturated carbocycles. The van der Waals surface area contributed by atoms with Crippen molar-refractivity contribution >= 4 is 28.5 Å². The molecule has 1 rings (SSSR count). The Kier molecular flexibility index (Phi) is 6.72. The van der Waals surface area contributed by atoms with Gasteiger partial charge >= 0.3 is 0 Å². The van der Waals surface area contributed by atoms with Crippen molar-refractivity contribution in [1.29, 1.82) is 5.26 Å². The van der Waals surface area contributed by atoms with Crippen molar-refractivity contribution in [2.24, 2.45) is 0 Å². The monoisotopic (exact) mass is 370 g/mol. The van der Waals surface area contributed by atoms with Crippen LogP contribution in [0.15, 0.2) is 24.3 Å². The number of nitrogens with one attached hydrogen (secondary N) is 1. The van der Waals surface area contributed by atoms with Gasteiger partial charge in [-0.25, -0.2) is 0 Å². The molecule has 19 heavy (non-hydrogen) atoms. The summed E-state index contributed by atoms with van der Waals surface area (Å²) in [6.45, 7) is 0.0874. The third kappa shape index (κ3) is 5.16. The molecule has 0 saturated heterocycles. The molecule has 98 valence electrons. The zero-order valence-electron chi connectivity index (χ0n) is 10.1. The van der Waals surface area contributed by atoms with Gasteiger partial charge < -0.3 is 14.8 Å². The van der Waals surface area contributed by atoms with Crippen LogP contribution >= 0.6 is 22.6 Å². The molecule has 5 nitrogen and oxygen atoms in total. The molecule has 0 heterocycles. The number of amides is 1. The van der Waals surface area contributed by atoms with Crippen LogP contribution in [0.4, 0.5) is 0 Å². The molecule has 0 spiro atoms. The molecule has 1 atom stereocenters. The van der Waals surface area contributed by atoms with Gasteiger partial charge in [-0.3, -0.25) is 4.79 Å². The van der Waals surface area contributed by atoms with Gasteiger partial charge in [-0.1, -0.05) is 5.92 Å². The van der Waals surface area contributed by atoms with Gasteiger partial charge in [0.15, 0.2) is 0 Å². The molecular formula is C13H11IN2O3. The van der Waals surface area contributed by atoms with E-state index in [1.54, 1.807) is 31.4 Å². The SMILES string of the molecule is COc1ccc(C(=O)NC(C#N)OCC#CI)cc1. The predicted octanol–water partition coefficient (Wildman–Crippen LogP) is 1.69. The quantitative estimate of drug-likeness (QED) is 0.487. The van der Waals surface area contributed by atoms with Crippen molar-refractivity contribution in [3.05, 3.63) is 29.8 Å². The number of carbonyl (C=O) groups is 1. The van der Waals surface area contributed by atoms with Crippen molar-refractivity contribution in [3.63, 3.8) is 0 Å². The van der Waals surface area contributed by atoms with E-state index in [-0.39, 0.29) is 6.61 Å². The van der Waals surface area contributed by atoms with E-state index in [2.05, 4.69) is 15.2 Å². The Hall–Kier alpha value is -1.77. The Labute approximate surface area is 125 Å². The van der Waals surface area contributed by atoms with E-state index in [0.717, 1.165) is 0 Å². The fourth-order valence-corrected chi connectivity index (χ4v) is 1.36. The Bertz CT molecular complexity index is 526. The van der Waals surface area contributed by atoms with Gasteiger partial charge in [0.25, 0.3) is 5.91 Å². The molecule has 0 aliphatic carbocycles. The van der Waals surface area contributed by atoms with Crippen LogP contribution in [0.25, 0.3) is 0 Å². The van der Waals surface area contributed by atoms with Gasteiger partial charge in [-0.05, 0) is 28.2 Å². The smallest absolute Gasteiger partial charge is 0.254 e.